The van der Waals surface area contributed by atoms with E-state index in [1.165, 1.54) is 40.9 Å². The molecule has 0 atom stereocenters. The quantitative estimate of drug-likeness (QED) is 0.381. The Morgan fingerprint density at radius 2 is 2.26 bits per heavy atom. The SMILES string of the molecule is CSC1=NSC2=NC(=O)/C(=C\c3cccc([N+](=O)[O-])c3)C(=N)N12. The molecular weight excluding hydrogens is 338 g/mol. The number of nitrogens with zero attached hydrogens (tertiary/aromatic N) is 4. The first kappa shape index (κ1) is 15.4. The molecule has 0 bridgehead atoms. The van der Waals surface area contributed by atoms with E-state index < -0.39 is 10.8 Å². The standard InChI is InChI=1S/C13H9N5O3S2/c1-22-13-16-23-12-15-11(19)9(10(14)17(12)13)6-7-3-2-4-8(5-7)18(20)21/h2-6,14H,1H3/b9-6-,14-10?. The topological polar surface area (TPSA) is 112 Å². The summed E-state index contributed by atoms with van der Waals surface area (Å²) in [7, 11) is 0. The molecule has 116 valence electrons. The lowest BCUT2D eigenvalue weighted by Crippen LogP contribution is -2.41. The van der Waals surface area contributed by atoms with Crippen molar-refractivity contribution in [1.82, 2.24) is 4.90 Å². The highest BCUT2D eigenvalue weighted by Gasteiger charge is 2.36. The molecule has 1 aromatic carbocycles. The molecule has 8 nitrogen and oxygen atoms in total. The van der Waals surface area contributed by atoms with Crippen LogP contribution in [0.3, 0.4) is 0 Å². The van der Waals surface area contributed by atoms with E-state index >= 15 is 0 Å². The fourth-order valence-corrected chi connectivity index (χ4v) is 3.48. The lowest BCUT2D eigenvalue weighted by Gasteiger charge is -2.23. The fraction of sp³-hybridized carbons (Fsp3) is 0.0769. The minimum atomic E-state index is -0.558. The van der Waals surface area contributed by atoms with Gasteiger partial charge in [0.1, 0.15) is 5.84 Å². The van der Waals surface area contributed by atoms with E-state index in [1.807, 2.05) is 6.26 Å². The molecule has 2 heterocycles. The lowest BCUT2D eigenvalue weighted by atomic mass is 10.1. The van der Waals surface area contributed by atoms with Crippen molar-refractivity contribution in [3.63, 3.8) is 0 Å². The van der Waals surface area contributed by atoms with Crippen LogP contribution in [0.5, 0.6) is 0 Å². The maximum absolute atomic E-state index is 12.1. The highest BCUT2D eigenvalue weighted by atomic mass is 32.2. The number of non-ortho nitro benzene ring substituents is 1. The van der Waals surface area contributed by atoms with E-state index in [4.69, 9.17) is 5.41 Å². The molecule has 0 aromatic heterocycles. The van der Waals surface area contributed by atoms with Gasteiger partial charge in [-0.15, -0.1) is 0 Å². The number of amidine groups is 3. The fourth-order valence-electron chi connectivity index (χ4n) is 2.03. The summed E-state index contributed by atoms with van der Waals surface area (Å²) in [5.74, 6) is -0.595. The number of nitro groups is 1. The van der Waals surface area contributed by atoms with Gasteiger partial charge in [0, 0.05) is 12.1 Å². The Morgan fingerprint density at radius 1 is 1.48 bits per heavy atom. The van der Waals surface area contributed by atoms with Gasteiger partial charge < -0.3 is 0 Å². The third-order valence-electron chi connectivity index (χ3n) is 3.07. The predicted octanol–water partition coefficient (Wildman–Crippen LogP) is 2.53. The highest BCUT2D eigenvalue weighted by molar-refractivity contribution is 8.18. The molecule has 1 aromatic rings. The summed E-state index contributed by atoms with van der Waals surface area (Å²) in [4.78, 5) is 27.9. The molecule has 10 heteroatoms. The van der Waals surface area contributed by atoms with Crippen LogP contribution in [0.2, 0.25) is 0 Å². The van der Waals surface area contributed by atoms with Gasteiger partial charge in [0.05, 0.1) is 22.4 Å². The largest absolute Gasteiger partial charge is 0.283 e. The molecule has 0 fully saturated rings. The van der Waals surface area contributed by atoms with Gasteiger partial charge >= 0.3 is 0 Å². The number of aliphatic imine (C=N–C) groups is 1. The Hall–Kier alpha value is -2.46. The number of thioether (sulfide) groups is 1. The average Bonchev–Trinajstić information content (AvgIpc) is 2.94. The van der Waals surface area contributed by atoms with Crippen LogP contribution in [0.1, 0.15) is 5.56 Å². The molecule has 1 amide bonds. The second-order valence-corrected chi connectivity index (χ2v) is 5.97. The molecular formula is C13H9N5O3S2. The van der Waals surface area contributed by atoms with Crippen LogP contribution in [0.15, 0.2) is 39.2 Å². The smallest absolute Gasteiger partial charge is 0.283 e. The number of amides is 1. The Kier molecular flexibility index (Phi) is 4.01. The average molecular weight is 347 g/mol. The van der Waals surface area contributed by atoms with Crippen LogP contribution < -0.4 is 0 Å². The lowest BCUT2D eigenvalue weighted by molar-refractivity contribution is -0.384. The number of benzene rings is 1. The number of fused-ring (bicyclic) bond motifs is 1. The van der Waals surface area contributed by atoms with E-state index in [1.54, 1.807) is 6.07 Å². The van der Waals surface area contributed by atoms with Crippen LogP contribution in [-0.4, -0.2) is 38.2 Å². The molecule has 0 radical (unpaired) electrons. The first-order valence-corrected chi connectivity index (χ1v) is 8.28. The molecule has 0 unspecified atom stereocenters. The maximum Gasteiger partial charge on any atom is 0.283 e. The van der Waals surface area contributed by atoms with Crippen molar-refractivity contribution in [3.05, 3.63) is 45.5 Å². The molecule has 1 N–H and O–H groups in total. The molecule has 3 rings (SSSR count). The van der Waals surface area contributed by atoms with Crippen molar-refractivity contribution in [2.24, 2.45) is 9.39 Å². The maximum atomic E-state index is 12.1. The zero-order valence-electron chi connectivity index (χ0n) is 11.7. The van der Waals surface area contributed by atoms with E-state index in [-0.39, 0.29) is 17.1 Å². The third-order valence-corrected chi connectivity index (χ3v) is 4.52. The Balaban J connectivity index is 2.01. The minimum absolute atomic E-state index is 0.0374. The zero-order chi connectivity index (χ0) is 16.6. The number of hydrogen-bond donors (Lipinski definition) is 1. The number of carbonyl (C=O) groups excluding carboxylic acids is 1. The van der Waals surface area contributed by atoms with Crippen molar-refractivity contribution in [1.29, 1.82) is 5.41 Å². The second kappa shape index (κ2) is 5.97. The van der Waals surface area contributed by atoms with Crippen molar-refractivity contribution in [2.75, 3.05) is 6.26 Å². The predicted molar refractivity (Wildman–Crippen MR) is 91.6 cm³/mol. The summed E-state index contributed by atoms with van der Waals surface area (Å²) in [5.41, 5.74) is 0.445. The number of rotatable bonds is 2. The van der Waals surface area contributed by atoms with Crippen LogP contribution >= 0.6 is 23.7 Å². The minimum Gasteiger partial charge on any atom is -0.283 e. The third kappa shape index (κ3) is 2.78. The molecule has 23 heavy (non-hydrogen) atoms. The van der Waals surface area contributed by atoms with Crippen LogP contribution in [0.4, 0.5) is 5.69 Å². The van der Waals surface area contributed by atoms with E-state index in [9.17, 15) is 14.9 Å². The number of hydrogen-bond acceptors (Lipinski definition) is 7. The summed E-state index contributed by atoms with van der Waals surface area (Å²) in [6.45, 7) is 0. The van der Waals surface area contributed by atoms with E-state index in [2.05, 4.69) is 9.39 Å². The highest BCUT2D eigenvalue weighted by Crippen LogP contribution is 2.31. The first-order chi connectivity index (χ1) is 11.0. The zero-order valence-corrected chi connectivity index (χ0v) is 13.3. The van der Waals surface area contributed by atoms with Crippen molar-refractivity contribution in [2.45, 2.75) is 0 Å². The number of nitrogens with one attached hydrogen (secondary N) is 1. The molecule has 0 saturated heterocycles. The van der Waals surface area contributed by atoms with Gasteiger partial charge in [0.2, 0.25) is 5.17 Å². The van der Waals surface area contributed by atoms with Gasteiger partial charge in [-0.25, -0.2) is 4.90 Å². The van der Waals surface area contributed by atoms with Crippen molar-refractivity contribution >= 4 is 57.6 Å². The summed E-state index contributed by atoms with van der Waals surface area (Å²) in [5, 5.41) is 20.0. The van der Waals surface area contributed by atoms with Gasteiger partial charge in [0.25, 0.3) is 11.6 Å². The van der Waals surface area contributed by atoms with Crippen LogP contribution in [0.25, 0.3) is 6.08 Å². The van der Waals surface area contributed by atoms with Crippen molar-refractivity contribution in [3.8, 4) is 0 Å². The van der Waals surface area contributed by atoms with Crippen molar-refractivity contribution < 1.29 is 9.72 Å². The first-order valence-electron chi connectivity index (χ1n) is 6.28. The van der Waals surface area contributed by atoms with Gasteiger partial charge in [0.15, 0.2) is 5.17 Å². The van der Waals surface area contributed by atoms with E-state index in [0.717, 1.165) is 11.9 Å². The Bertz CT molecular complexity index is 831. The van der Waals surface area contributed by atoms with Gasteiger partial charge in [-0.3, -0.25) is 20.3 Å². The number of carbonyl (C=O) groups is 1. The molecule has 0 spiro atoms. The molecule has 0 saturated carbocycles. The molecule has 0 aliphatic carbocycles. The van der Waals surface area contributed by atoms with Gasteiger partial charge in [-0.2, -0.15) is 9.39 Å². The van der Waals surface area contributed by atoms with Crippen LogP contribution in [-0.2, 0) is 4.79 Å². The summed E-state index contributed by atoms with van der Waals surface area (Å²) in [6, 6.07) is 5.86. The summed E-state index contributed by atoms with van der Waals surface area (Å²) < 4.78 is 4.14. The Labute approximate surface area is 139 Å². The molecule has 2 aliphatic rings. The monoisotopic (exact) mass is 347 g/mol. The number of nitro benzene ring substituents is 1. The molecule has 2 aliphatic heterocycles. The van der Waals surface area contributed by atoms with E-state index in [0.29, 0.717) is 15.9 Å². The normalized spacial score (nSPS) is 18.8. The van der Waals surface area contributed by atoms with Crippen LogP contribution in [0, 0.1) is 15.5 Å². The summed E-state index contributed by atoms with van der Waals surface area (Å²) >= 11 is 2.39. The summed E-state index contributed by atoms with van der Waals surface area (Å²) in [6.07, 6.45) is 3.24. The van der Waals surface area contributed by atoms with Gasteiger partial charge in [-0.1, -0.05) is 23.9 Å². The Morgan fingerprint density at radius 3 is 2.96 bits per heavy atom. The second-order valence-electron chi connectivity index (χ2n) is 4.46. The van der Waals surface area contributed by atoms with Gasteiger partial charge in [-0.05, 0) is 17.9 Å².